The number of fused-ring (bicyclic) bond motifs is 2. The molecule has 0 radical (unpaired) electrons. The van der Waals surface area contributed by atoms with Gasteiger partial charge in [0.05, 0.1) is 21.3 Å². The molecule has 7 heteroatoms. The quantitative estimate of drug-likeness (QED) is 0.685. The van der Waals surface area contributed by atoms with Crippen LogP contribution in [0.15, 0.2) is 42.5 Å². The van der Waals surface area contributed by atoms with Gasteiger partial charge in [-0.25, -0.2) is 0 Å². The number of amides is 1. The first-order valence-corrected chi connectivity index (χ1v) is 13.8. The van der Waals surface area contributed by atoms with Crippen molar-refractivity contribution in [3.8, 4) is 5.75 Å². The molecule has 0 aliphatic carbocycles. The Kier molecular flexibility index (Phi) is 5.47. The molecule has 0 saturated carbocycles. The molecular weight excluding hydrogens is 418 g/mol. The maximum absolute atomic E-state index is 13.3. The minimum atomic E-state index is -2.11. The Hall–Kier alpha value is -1.86. The Morgan fingerprint density at radius 2 is 1.93 bits per heavy atom. The Balaban J connectivity index is 1.81. The first-order chi connectivity index (χ1) is 14.3. The molecule has 1 saturated heterocycles. The highest BCUT2D eigenvalue weighted by Crippen LogP contribution is 2.58. The molecule has 1 amide bonds. The SMILES string of the molecule is COc1ccc([Si](C)(C)[C@H]2[C@H](CCO)O[C@@]3(C(=O)Nc4ccc(Cl)cc43)[C@@H]2C)cc1. The highest BCUT2D eigenvalue weighted by atomic mass is 35.5. The van der Waals surface area contributed by atoms with Gasteiger partial charge in [-0.05, 0) is 42.3 Å². The monoisotopic (exact) mass is 445 g/mol. The second-order valence-corrected chi connectivity index (χ2v) is 13.9. The van der Waals surface area contributed by atoms with Gasteiger partial charge in [0.25, 0.3) is 5.91 Å². The summed E-state index contributed by atoms with van der Waals surface area (Å²) >= 11 is 6.29. The molecule has 5 nitrogen and oxygen atoms in total. The summed E-state index contributed by atoms with van der Waals surface area (Å²) in [6.45, 7) is 6.75. The van der Waals surface area contributed by atoms with E-state index in [-0.39, 0.29) is 30.1 Å². The van der Waals surface area contributed by atoms with Crippen molar-refractivity contribution in [1.29, 1.82) is 0 Å². The Morgan fingerprint density at radius 3 is 2.57 bits per heavy atom. The maximum atomic E-state index is 13.3. The van der Waals surface area contributed by atoms with Crippen molar-refractivity contribution >= 4 is 36.5 Å². The second kappa shape index (κ2) is 7.68. The summed E-state index contributed by atoms with van der Waals surface area (Å²) in [5.41, 5.74) is 0.608. The molecule has 2 aromatic carbocycles. The average molecular weight is 446 g/mol. The molecule has 4 atom stereocenters. The standard InChI is InChI=1S/C23H28ClNO4Si/c1-14-21(30(3,4)17-8-6-16(28-2)7-9-17)20(11-12-26)29-23(14)18-13-15(24)5-10-19(18)25-22(23)27/h5-10,13-14,20-21,26H,11-12H2,1-4H3,(H,25,27)/t14-,20+,21-,23+/m1/s1. The van der Waals surface area contributed by atoms with E-state index in [0.29, 0.717) is 11.4 Å². The minimum Gasteiger partial charge on any atom is -0.497 e. The van der Waals surface area contributed by atoms with Crippen LogP contribution < -0.4 is 15.2 Å². The lowest BCUT2D eigenvalue weighted by Crippen LogP contribution is -2.51. The van der Waals surface area contributed by atoms with Gasteiger partial charge >= 0.3 is 0 Å². The number of aliphatic hydroxyl groups excluding tert-OH is 1. The number of methoxy groups -OCH3 is 1. The van der Waals surface area contributed by atoms with E-state index < -0.39 is 13.7 Å². The van der Waals surface area contributed by atoms with Crippen molar-refractivity contribution in [3.63, 3.8) is 0 Å². The fourth-order valence-corrected chi connectivity index (χ4v) is 9.73. The predicted octanol–water partition coefficient (Wildman–Crippen LogP) is 3.90. The van der Waals surface area contributed by atoms with E-state index in [1.807, 2.05) is 24.3 Å². The zero-order valence-corrected chi connectivity index (χ0v) is 19.5. The van der Waals surface area contributed by atoms with Crippen LogP contribution in [0.2, 0.25) is 23.7 Å². The van der Waals surface area contributed by atoms with E-state index in [0.717, 1.165) is 17.0 Å². The third kappa shape index (κ3) is 3.09. The number of hydrogen-bond acceptors (Lipinski definition) is 4. The summed E-state index contributed by atoms with van der Waals surface area (Å²) < 4.78 is 11.9. The average Bonchev–Trinajstić information content (AvgIpc) is 3.17. The number of hydrogen-bond donors (Lipinski definition) is 2. The van der Waals surface area contributed by atoms with Crippen molar-refractivity contribution in [3.05, 3.63) is 53.1 Å². The molecule has 1 spiro atoms. The van der Waals surface area contributed by atoms with E-state index in [4.69, 9.17) is 21.1 Å². The fourth-order valence-electron chi connectivity index (χ4n) is 5.50. The van der Waals surface area contributed by atoms with Crippen molar-refractivity contribution in [1.82, 2.24) is 0 Å². The molecule has 1 fully saturated rings. The second-order valence-electron chi connectivity index (χ2n) is 8.81. The summed E-state index contributed by atoms with van der Waals surface area (Å²) in [7, 11) is -0.449. The Morgan fingerprint density at radius 1 is 1.23 bits per heavy atom. The lowest BCUT2D eigenvalue weighted by molar-refractivity contribution is -0.143. The molecule has 2 N–H and O–H groups in total. The fraction of sp³-hybridized carbons (Fsp3) is 0.435. The minimum absolute atomic E-state index is 0.0150. The third-order valence-electron chi connectivity index (χ3n) is 6.97. The van der Waals surface area contributed by atoms with Gasteiger partial charge in [-0.2, -0.15) is 0 Å². The van der Waals surface area contributed by atoms with Crippen LogP contribution >= 0.6 is 11.6 Å². The van der Waals surface area contributed by atoms with Crippen molar-refractivity contribution in [2.75, 3.05) is 19.0 Å². The van der Waals surface area contributed by atoms with Crippen LogP contribution in [0.4, 0.5) is 5.69 Å². The largest absolute Gasteiger partial charge is 0.497 e. The zero-order valence-electron chi connectivity index (χ0n) is 17.7. The third-order valence-corrected chi connectivity index (χ3v) is 11.6. The molecule has 2 heterocycles. The molecular formula is C23H28ClNO4Si. The van der Waals surface area contributed by atoms with Crippen molar-refractivity contribution in [2.24, 2.45) is 5.92 Å². The molecule has 0 bridgehead atoms. The van der Waals surface area contributed by atoms with Crippen LogP contribution in [0.3, 0.4) is 0 Å². The molecule has 2 aliphatic rings. The van der Waals surface area contributed by atoms with Gasteiger partial charge in [-0.3, -0.25) is 4.79 Å². The topological polar surface area (TPSA) is 67.8 Å². The summed E-state index contributed by atoms with van der Waals surface area (Å²) in [6, 6.07) is 13.7. The number of halogens is 1. The molecule has 4 rings (SSSR count). The maximum Gasteiger partial charge on any atom is 0.261 e. The molecule has 30 heavy (non-hydrogen) atoms. The highest BCUT2D eigenvalue weighted by Gasteiger charge is 2.64. The van der Waals surface area contributed by atoms with Gasteiger partial charge in [0.15, 0.2) is 5.60 Å². The van der Waals surface area contributed by atoms with Crippen LogP contribution in [0.1, 0.15) is 18.9 Å². The number of anilines is 1. The van der Waals surface area contributed by atoms with E-state index >= 15 is 0 Å². The van der Waals surface area contributed by atoms with Crippen molar-refractivity contribution < 1.29 is 19.4 Å². The van der Waals surface area contributed by atoms with Gasteiger partial charge in [0, 0.05) is 28.8 Å². The van der Waals surface area contributed by atoms with Crippen LogP contribution in [-0.2, 0) is 15.1 Å². The number of rotatable bonds is 5. The molecule has 2 aliphatic heterocycles. The zero-order chi connectivity index (χ0) is 21.7. The van der Waals surface area contributed by atoms with E-state index in [1.54, 1.807) is 13.2 Å². The lowest BCUT2D eigenvalue weighted by atomic mass is 9.82. The summed E-state index contributed by atoms with van der Waals surface area (Å²) in [5, 5.41) is 14.6. The smallest absolute Gasteiger partial charge is 0.261 e. The molecule has 0 aromatic heterocycles. The summed E-state index contributed by atoms with van der Waals surface area (Å²) in [4.78, 5) is 13.3. The van der Waals surface area contributed by atoms with Crippen LogP contribution in [0.5, 0.6) is 5.75 Å². The first kappa shape index (κ1) is 21.4. The van der Waals surface area contributed by atoms with E-state index in [2.05, 4.69) is 37.5 Å². The number of aliphatic hydroxyl groups is 1. The number of ether oxygens (including phenoxy) is 2. The highest BCUT2D eigenvalue weighted by molar-refractivity contribution is 6.91. The number of carbonyl (C=O) groups excluding carboxylic acids is 1. The molecule has 0 unspecified atom stereocenters. The van der Waals surface area contributed by atoms with Gasteiger partial charge < -0.3 is 19.9 Å². The number of carbonyl (C=O) groups is 1. The van der Waals surface area contributed by atoms with Gasteiger partial charge in [-0.1, -0.05) is 48.9 Å². The van der Waals surface area contributed by atoms with E-state index in [9.17, 15) is 9.90 Å². The first-order valence-electron chi connectivity index (χ1n) is 10.3. The number of benzene rings is 2. The van der Waals surface area contributed by atoms with Gasteiger partial charge in [0.1, 0.15) is 5.75 Å². The molecule has 160 valence electrons. The number of nitrogens with one attached hydrogen (secondary N) is 1. The predicted molar refractivity (Wildman–Crippen MR) is 121 cm³/mol. The van der Waals surface area contributed by atoms with Crippen LogP contribution in [0.25, 0.3) is 0 Å². The normalized spacial score (nSPS) is 27.9. The Labute approximate surface area is 183 Å². The van der Waals surface area contributed by atoms with Gasteiger partial charge in [0.2, 0.25) is 0 Å². The van der Waals surface area contributed by atoms with Crippen LogP contribution in [0, 0.1) is 5.92 Å². The lowest BCUT2D eigenvalue weighted by Gasteiger charge is -2.37. The van der Waals surface area contributed by atoms with Gasteiger partial charge in [-0.15, -0.1) is 0 Å². The van der Waals surface area contributed by atoms with Crippen molar-refractivity contribution in [2.45, 2.75) is 43.7 Å². The molecule has 2 aromatic rings. The summed E-state index contributed by atoms with van der Waals surface area (Å²) in [6.07, 6.45) is 0.274. The Bertz CT molecular complexity index is 964. The summed E-state index contributed by atoms with van der Waals surface area (Å²) in [5.74, 6) is 0.608. The van der Waals surface area contributed by atoms with E-state index in [1.165, 1.54) is 5.19 Å². The van der Waals surface area contributed by atoms with Crippen LogP contribution in [-0.4, -0.2) is 38.9 Å².